The molecule has 1 aromatic rings. The van der Waals surface area contributed by atoms with Crippen molar-refractivity contribution in [3.8, 4) is 0 Å². The summed E-state index contributed by atoms with van der Waals surface area (Å²) in [5.41, 5.74) is 1.88. The minimum atomic E-state index is 0.103. The third-order valence-electron chi connectivity index (χ3n) is 3.97. The number of piperidine rings is 1. The Morgan fingerprint density at radius 1 is 1.38 bits per heavy atom. The minimum absolute atomic E-state index is 0.103. The van der Waals surface area contributed by atoms with E-state index in [9.17, 15) is 4.79 Å². The Morgan fingerprint density at radius 2 is 2.10 bits per heavy atom. The molecule has 0 bridgehead atoms. The van der Waals surface area contributed by atoms with Crippen LogP contribution >= 0.6 is 0 Å². The number of carbonyl (C=O) groups is 1. The molecule has 2 heterocycles. The number of rotatable bonds is 5. The van der Waals surface area contributed by atoms with Crippen LogP contribution in [0.15, 0.2) is 6.07 Å². The first kappa shape index (κ1) is 15.9. The van der Waals surface area contributed by atoms with Crippen molar-refractivity contribution >= 4 is 5.91 Å². The van der Waals surface area contributed by atoms with E-state index in [1.54, 1.807) is 0 Å². The maximum absolute atomic E-state index is 11.9. The van der Waals surface area contributed by atoms with Gasteiger partial charge >= 0.3 is 0 Å². The summed E-state index contributed by atoms with van der Waals surface area (Å²) in [7, 11) is 2.16. The summed E-state index contributed by atoms with van der Waals surface area (Å²) in [5, 5.41) is 2.93. The lowest BCUT2D eigenvalue weighted by Crippen LogP contribution is -2.33. The zero-order valence-corrected chi connectivity index (χ0v) is 13.4. The third kappa shape index (κ3) is 5.42. The fourth-order valence-corrected chi connectivity index (χ4v) is 2.99. The summed E-state index contributed by atoms with van der Waals surface area (Å²) in [6, 6.07) is 1.94. The summed E-state index contributed by atoms with van der Waals surface area (Å²) >= 11 is 0. The summed E-state index contributed by atoms with van der Waals surface area (Å²) in [4.78, 5) is 23.0. The molecule has 0 spiro atoms. The number of aryl methyl sites for hydroxylation is 2. The van der Waals surface area contributed by atoms with Gasteiger partial charge in [-0.15, -0.1) is 0 Å². The van der Waals surface area contributed by atoms with E-state index in [0.29, 0.717) is 24.7 Å². The highest BCUT2D eigenvalue weighted by atomic mass is 16.1. The predicted molar refractivity (Wildman–Crippen MR) is 82.8 cm³/mol. The van der Waals surface area contributed by atoms with Crippen molar-refractivity contribution in [2.45, 2.75) is 46.1 Å². The molecule has 2 rings (SSSR count). The molecule has 1 N–H and O–H groups in total. The van der Waals surface area contributed by atoms with Gasteiger partial charge in [0.05, 0.1) is 6.54 Å². The van der Waals surface area contributed by atoms with Gasteiger partial charge in [-0.3, -0.25) is 4.79 Å². The molecule has 0 unspecified atom stereocenters. The van der Waals surface area contributed by atoms with Crippen LogP contribution in [0.4, 0.5) is 0 Å². The normalized spacial score (nSPS) is 19.5. The fraction of sp³-hybridized carbons (Fsp3) is 0.688. The molecule has 1 aromatic heterocycles. The lowest BCUT2D eigenvalue weighted by atomic mass is 9.93. The molecule has 0 saturated carbocycles. The fourth-order valence-electron chi connectivity index (χ4n) is 2.99. The number of likely N-dealkylation sites (tertiary alicyclic amines) is 1. The van der Waals surface area contributed by atoms with Gasteiger partial charge in [-0.2, -0.15) is 0 Å². The first-order valence-corrected chi connectivity index (χ1v) is 7.79. The van der Waals surface area contributed by atoms with Gasteiger partial charge in [0.25, 0.3) is 0 Å². The van der Waals surface area contributed by atoms with Gasteiger partial charge in [0.1, 0.15) is 5.82 Å². The average Bonchev–Trinajstić information content (AvgIpc) is 2.42. The summed E-state index contributed by atoms with van der Waals surface area (Å²) in [6.45, 7) is 6.62. The van der Waals surface area contributed by atoms with Gasteiger partial charge in [0.15, 0.2) is 0 Å². The minimum Gasteiger partial charge on any atom is -0.349 e. The van der Waals surface area contributed by atoms with Crippen molar-refractivity contribution in [1.82, 2.24) is 20.2 Å². The van der Waals surface area contributed by atoms with Crippen molar-refractivity contribution < 1.29 is 4.79 Å². The lowest BCUT2D eigenvalue weighted by Gasteiger charge is -2.29. The predicted octanol–water partition coefficient (Wildman–Crippen LogP) is 1.83. The third-order valence-corrected chi connectivity index (χ3v) is 3.97. The first-order valence-electron chi connectivity index (χ1n) is 7.79. The monoisotopic (exact) mass is 290 g/mol. The number of hydrogen-bond donors (Lipinski definition) is 1. The summed E-state index contributed by atoms with van der Waals surface area (Å²) < 4.78 is 0. The molecule has 1 aliphatic heterocycles. The topological polar surface area (TPSA) is 58.1 Å². The standard InChI is InChI=1S/C16H26N4O/c1-12-9-13(2)19-15(18-12)10-17-16(21)7-6-14-5-4-8-20(3)11-14/h9,14H,4-8,10-11H2,1-3H3,(H,17,21)/t14-/m0/s1. The number of hydrogen-bond acceptors (Lipinski definition) is 4. The number of amides is 1. The van der Waals surface area contributed by atoms with Gasteiger partial charge in [-0.1, -0.05) is 0 Å². The SMILES string of the molecule is Cc1cc(C)nc(CNC(=O)CC[C@@H]2CCCN(C)C2)n1. The second-order valence-corrected chi connectivity index (χ2v) is 6.15. The Hall–Kier alpha value is -1.49. The maximum atomic E-state index is 11.9. The molecule has 5 heteroatoms. The van der Waals surface area contributed by atoms with Crippen LogP contribution in [0, 0.1) is 19.8 Å². The van der Waals surface area contributed by atoms with Crippen LogP contribution in [0.5, 0.6) is 0 Å². The Bertz CT molecular complexity index is 469. The quantitative estimate of drug-likeness (QED) is 0.899. The van der Waals surface area contributed by atoms with E-state index in [1.165, 1.54) is 19.4 Å². The molecule has 1 amide bonds. The molecule has 0 aromatic carbocycles. The van der Waals surface area contributed by atoms with E-state index < -0.39 is 0 Å². The zero-order valence-electron chi connectivity index (χ0n) is 13.4. The highest BCUT2D eigenvalue weighted by molar-refractivity contribution is 5.75. The van der Waals surface area contributed by atoms with Crippen molar-refractivity contribution in [2.75, 3.05) is 20.1 Å². The van der Waals surface area contributed by atoms with Gasteiger partial charge in [-0.05, 0) is 58.7 Å². The summed E-state index contributed by atoms with van der Waals surface area (Å²) in [6.07, 6.45) is 4.07. The second-order valence-electron chi connectivity index (χ2n) is 6.15. The van der Waals surface area contributed by atoms with E-state index in [0.717, 1.165) is 24.4 Å². The molecule has 0 aliphatic carbocycles. The van der Waals surface area contributed by atoms with Crippen molar-refractivity contribution in [3.05, 3.63) is 23.3 Å². The Labute approximate surface area is 127 Å². The van der Waals surface area contributed by atoms with E-state index in [2.05, 4.69) is 27.2 Å². The van der Waals surface area contributed by atoms with Gasteiger partial charge in [-0.25, -0.2) is 9.97 Å². The Morgan fingerprint density at radius 3 is 2.76 bits per heavy atom. The smallest absolute Gasteiger partial charge is 0.220 e. The highest BCUT2D eigenvalue weighted by Crippen LogP contribution is 2.19. The average molecular weight is 290 g/mol. The molecule has 5 nitrogen and oxygen atoms in total. The van der Waals surface area contributed by atoms with Crippen molar-refractivity contribution in [1.29, 1.82) is 0 Å². The van der Waals surface area contributed by atoms with Gasteiger partial charge in [0, 0.05) is 24.4 Å². The van der Waals surface area contributed by atoms with Crippen molar-refractivity contribution in [3.63, 3.8) is 0 Å². The maximum Gasteiger partial charge on any atom is 0.220 e. The van der Waals surface area contributed by atoms with E-state index in [4.69, 9.17) is 0 Å². The van der Waals surface area contributed by atoms with Crippen LogP contribution in [0.3, 0.4) is 0 Å². The Kier molecular flexibility index (Phi) is 5.67. The number of aromatic nitrogens is 2. The van der Waals surface area contributed by atoms with Crippen molar-refractivity contribution in [2.24, 2.45) is 5.92 Å². The highest BCUT2D eigenvalue weighted by Gasteiger charge is 2.17. The molecule has 1 atom stereocenters. The zero-order chi connectivity index (χ0) is 15.2. The number of carbonyl (C=O) groups excluding carboxylic acids is 1. The van der Waals surface area contributed by atoms with Crippen LogP contribution in [0.25, 0.3) is 0 Å². The largest absolute Gasteiger partial charge is 0.349 e. The molecule has 1 aliphatic rings. The number of nitrogens with one attached hydrogen (secondary N) is 1. The number of nitrogens with zero attached hydrogens (tertiary/aromatic N) is 3. The molecule has 21 heavy (non-hydrogen) atoms. The van der Waals surface area contributed by atoms with Crippen LogP contribution in [-0.2, 0) is 11.3 Å². The van der Waals surface area contributed by atoms with Crippen LogP contribution < -0.4 is 5.32 Å². The lowest BCUT2D eigenvalue weighted by molar-refractivity contribution is -0.121. The first-order chi connectivity index (χ1) is 10.0. The molecule has 1 saturated heterocycles. The molecular formula is C16H26N4O. The molecule has 116 valence electrons. The Balaban J connectivity index is 1.72. The molecule has 1 fully saturated rings. The van der Waals surface area contributed by atoms with E-state index in [1.807, 2.05) is 19.9 Å². The van der Waals surface area contributed by atoms with E-state index >= 15 is 0 Å². The second kappa shape index (κ2) is 7.50. The van der Waals surface area contributed by atoms with Gasteiger partial charge < -0.3 is 10.2 Å². The van der Waals surface area contributed by atoms with Crippen LogP contribution in [0.2, 0.25) is 0 Å². The van der Waals surface area contributed by atoms with Crippen LogP contribution in [-0.4, -0.2) is 40.9 Å². The van der Waals surface area contributed by atoms with E-state index in [-0.39, 0.29) is 5.91 Å². The summed E-state index contributed by atoms with van der Waals surface area (Å²) in [5.74, 6) is 1.45. The molecular weight excluding hydrogens is 264 g/mol. The van der Waals surface area contributed by atoms with Crippen LogP contribution in [0.1, 0.15) is 42.9 Å². The van der Waals surface area contributed by atoms with Gasteiger partial charge in [0.2, 0.25) is 5.91 Å². The molecule has 0 radical (unpaired) electrons.